The number of fused-ring (bicyclic) bond motifs is 2. The van der Waals surface area contributed by atoms with Crippen molar-refractivity contribution in [1.29, 1.82) is 0 Å². The van der Waals surface area contributed by atoms with Crippen LogP contribution in [0.4, 0.5) is 4.79 Å². The van der Waals surface area contributed by atoms with E-state index in [9.17, 15) is 4.79 Å². The second-order valence-corrected chi connectivity index (χ2v) is 4.74. The Labute approximate surface area is 106 Å². The first kappa shape index (κ1) is 12.2. The molecule has 2 bridgehead atoms. The van der Waals surface area contributed by atoms with Gasteiger partial charge in [0, 0.05) is 6.04 Å². The number of carbonyl (C=O) groups excluding carboxylic acids is 1. The van der Waals surface area contributed by atoms with Gasteiger partial charge in [0.15, 0.2) is 5.11 Å². The van der Waals surface area contributed by atoms with Crippen LogP contribution in [0.3, 0.4) is 0 Å². The maximum Gasteiger partial charge on any atom is 0.425 e. The molecular weight excluding hydrogens is 238 g/mol. The lowest BCUT2D eigenvalue weighted by Crippen LogP contribution is -2.50. The number of hydrogen-bond donors (Lipinski definition) is 3. The van der Waals surface area contributed by atoms with Crippen molar-refractivity contribution in [3.05, 3.63) is 12.2 Å². The fourth-order valence-corrected chi connectivity index (χ4v) is 2.63. The van der Waals surface area contributed by atoms with Crippen LogP contribution in [-0.2, 0) is 4.74 Å². The number of hydrazine groups is 1. The molecule has 6 heteroatoms. The molecule has 1 amide bonds. The summed E-state index contributed by atoms with van der Waals surface area (Å²) in [5.41, 5.74) is 4.99. The Balaban J connectivity index is 1.68. The first-order valence-electron chi connectivity index (χ1n) is 5.86. The summed E-state index contributed by atoms with van der Waals surface area (Å²) in [5, 5.41) is 3.64. The SMILES string of the molecule is CCOC(=O)NNC(=S)N[C@H]1C[C@@H]2C=C[C@H]1C2. The number of thiocarbonyl (C=S) groups is 1. The molecule has 1 fully saturated rings. The third-order valence-electron chi connectivity index (χ3n) is 3.15. The number of allylic oxidation sites excluding steroid dienone is 1. The summed E-state index contributed by atoms with van der Waals surface area (Å²) in [7, 11) is 0. The molecule has 0 heterocycles. The molecule has 0 aliphatic heterocycles. The molecular formula is C11H17N3O2S. The molecule has 1 saturated carbocycles. The minimum absolute atomic E-state index is 0.338. The molecule has 2 aliphatic rings. The molecule has 0 spiro atoms. The Hall–Kier alpha value is -1.30. The largest absolute Gasteiger partial charge is 0.449 e. The first-order valence-corrected chi connectivity index (χ1v) is 6.27. The highest BCUT2D eigenvalue weighted by molar-refractivity contribution is 7.80. The number of carbonyl (C=O) groups is 1. The molecule has 5 nitrogen and oxygen atoms in total. The van der Waals surface area contributed by atoms with Crippen molar-refractivity contribution in [3.8, 4) is 0 Å². The molecule has 0 unspecified atom stereocenters. The summed E-state index contributed by atoms with van der Waals surface area (Å²) in [4.78, 5) is 11.0. The topological polar surface area (TPSA) is 62.4 Å². The van der Waals surface area contributed by atoms with Crippen molar-refractivity contribution in [3.63, 3.8) is 0 Å². The van der Waals surface area contributed by atoms with Crippen LogP contribution in [0, 0.1) is 11.8 Å². The van der Waals surface area contributed by atoms with Gasteiger partial charge in [-0.3, -0.25) is 5.43 Å². The third-order valence-corrected chi connectivity index (χ3v) is 3.37. The summed E-state index contributed by atoms with van der Waals surface area (Å²) in [5.74, 6) is 1.26. The van der Waals surface area contributed by atoms with Gasteiger partial charge in [0.2, 0.25) is 0 Å². The number of ether oxygens (including phenoxy) is 1. The molecule has 3 N–H and O–H groups in total. The molecule has 0 aromatic rings. The van der Waals surface area contributed by atoms with E-state index in [0.717, 1.165) is 6.42 Å². The minimum atomic E-state index is -0.524. The number of amides is 1. The highest BCUT2D eigenvalue weighted by atomic mass is 32.1. The van der Waals surface area contributed by atoms with Crippen LogP contribution in [0.1, 0.15) is 19.8 Å². The summed E-state index contributed by atoms with van der Waals surface area (Å²) >= 11 is 5.09. The van der Waals surface area contributed by atoms with Crippen LogP contribution in [0.15, 0.2) is 12.2 Å². The van der Waals surface area contributed by atoms with E-state index in [1.54, 1.807) is 6.92 Å². The van der Waals surface area contributed by atoms with Gasteiger partial charge in [-0.05, 0) is 43.8 Å². The van der Waals surface area contributed by atoms with Gasteiger partial charge in [0.05, 0.1) is 6.61 Å². The Morgan fingerprint density at radius 3 is 2.82 bits per heavy atom. The predicted octanol–water partition coefficient (Wildman–Crippen LogP) is 1.08. The summed E-state index contributed by atoms with van der Waals surface area (Å²) in [6.45, 7) is 2.09. The van der Waals surface area contributed by atoms with E-state index in [2.05, 4.69) is 28.3 Å². The molecule has 0 radical (unpaired) electrons. The van der Waals surface area contributed by atoms with Gasteiger partial charge < -0.3 is 10.1 Å². The van der Waals surface area contributed by atoms with E-state index >= 15 is 0 Å². The number of hydrogen-bond acceptors (Lipinski definition) is 3. The summed E-state index contributed by atoms with van der Waals surface area (Å²) in [6, 6.07) is 0.383. The molecule has 94 valence electrons. The lowest BCUT2D eigenvalue weighted by Gasteiger charge is -2.21. The van der Waals surface area contributed by atoms with E-state index in [1.165, 1.54) is 6.42 Å². The van der Waals surface area contributed by atoms with Gasteiger partial charge in [-0.15, -0.1) is 0 Å². The van der Waals surface area contributed by atoms with Crippen molar-refractivity contribution in [2.75, 3.05) is 6.61 Å². The lowest BCUT2D eigenvalue weighted by molar-refractivity contribution is 0.150. The quantitative estimate of drug-likeness (QED) is 0.391. The van der Waals surface area contributed by atoms with E-state index < -0.39 is 6.09 Å². The monoisotopic (exact) mass is 255 g/mol. The normalized spacial score (nSPS) is 28.9. The Kier molecular flexibility index (Phi) is 3.83. The highest BCUT2D eigenvalue weighted by Gasteiger charge is 2.35. The Morgan fingerprint density at radius 2 is 2.24 bits per heavy atom. The lowest BCUT2D eigenvalue weighted by atomic mass is 10.0. The average Bonchev–Trinajstić information content (AvgIpc) is 2.88. The van der Waals surface area contributed by atoms with E-state index in [0.29, 0.717) is 29.6 Å². The standard InChI is InChI=1S/C11H17N3O2S/c1-2-16-11(15)14-13-10(17)12-9-6-7-3-4-8(9)5-7/h3-4,7-9H,2,5-6H2,1H3,(H,14,15)(H2,12,13,17)/t7-,8+,9+/m1/s1. The average molecular weight is 255 g/mol. The minimum Gasteiger partial charge on any atom is -0.449 e. The van der Waals surface area contributed by atoms with Crippen molar-refractivity contribution in [1.82, 2.24) is 16.2 Å². The fourth-order valence-electron chi connectivity index (χ4n) is 2.43. The first-order chi connectivity index (χ1) is 8.19. The highest BCUT2D eigenvalue weighted by Crippen LogP contribution is 2.38. The molecule has 2 aliphatic carbocycles. The molecule has 0 saturated heterocycles. The smallest absolute Gasteiger partial charge is 0.425 e. The van der Waals surface area contributed by atoms with Crippen LogP contribution in [-0.4, -0.2) is 23.9 Å². The Bertz CT molecular complexity index is 346. The van der Waals surface area contributed by atoms with Gasteiger partial charge in [-0.1, -0.05) is 12.2 Å². The van der Waals surface area contributed by atoms with Gasteiger partial charge in [0.1, 0.15) is 0 Å². The number of nitrogens with one attached hydrogen (secondary N) is 3. The van der Waals surface area contributed by atoms with Crippen LogP contribution in [0.2, 0.25) is 0 Å². The zero-order valence-corrected chi connectivity index (χ0v) is 10.5. The maximum absolute atomic E-state index is 11.0. The third kappa shape index (κ3) is 3.09. The van der Waals surface area contributed by atoms with Gasteiger partial charge in [-0.2, -0.15) is 0 Å². The van der Waals surface area contributed by atoms with Gasteiger partial charge >= 0.3 is 6.09 Å². The molecule has 2 rings (SSSR count). The fraction of sp³-hybridized carbons (Fsp3) is 0.636. The van der Waals surface area contributed by atoms with Crippen molar-refractivity contribution in [2.24, 2.45) is 11.8 Å². The summed E-state index contributed by atoms with van der Waals surface area (Å²) in [6.07, 6.45) is 6.32. The van der Waals surface area contributed by atoms with E-state index in [4.69, 9.17) is 17.0 Å². The maximum atomic E-state index is 11.0. The van der Waals surface area contributed by atoms with Crippen LogP contribution >= 0.6 is 12.2 Å². The number of rotatable bonds is 2. The second-order valence-electron chi connectivity index (χ2n) is 4.33. The summed E-state index contributed by atoms with van der Waals surface area (Å²) < 4.78 is 4.70. The Morgan fingerprint density at radius 1 is 1.41 bits per heavy atom. The van der Waals surface area contributed by atoms with Crippen molar-refractivity contribution >= 4 is 23.4 Å². The molecule has 0 aromatic heterocycles. The predicted molar refractivity (Wildman–Crippen MR) is 68.2 cm³/mol. The van der Waals surface area contributed by atoms with E-state index in [-0.39, 0.29) is 0 Å². The van der Waals surface area contributed by atoms with Crippen LogP contribution < -0.4 is 16.2 Å². The molecule has 3 atom stereocenters. The zero-order valence-electron chi connectivity index (χ0n) is 9.73. The zero-order chi connectivity index (χ0) is 12.3. The molecule has 0 aromatic carbocycles. The van der Waals surface area contributed by atoms with E-state index in [1.807, 2.05) is 0 Å². The van der Waals surface area contributed by atoms with Gasteiger partial charge in [0.25, 0.3) is 0 Å². The van der Waals surface area contributed by atoms with Crippen LogP contribution in [0.5, 0.6) is 0 Å². The van der Waals surface area contributed by atoms with Crippen molar-refractivity contribution < 1.29 is 9.53 Å². The van der Waals surface area contributed by atoms with Crippen LogP contribution in [0.25, 0.3) is 0 Å². The molecule has 17 heavy (non-hydrogen) atoms. The second kappa shape index (κ2) is 5.35. The van der Waals surface area contributed by atoms with Gasteiger partial charge in [-0.25, -0.2) is 10.2 Å². The van der Waals surface area contributed by atoms with Crippen molar-refractivity contribution in [2.45, 2.75) is 25.8 Å².